The first-order chi connectivity index (χ1) is 4.16. The normalized spacial score (nSPS) is 11.7. The molecule has 0 spiro atoms. The SMILES string of the molecule is CC(=O)O[C@@H](C)CC#N. The van der Waals surface area contributed by atoms with E-state index in [9.17, 15) is 4.79 Å². The summed E-state index contributed by atoms with van der Waals surface area (Å²) in [7, 11) is 0. The van der Waals surface area contributed by atoms with Gasteiger partial charge in [-0.15, -0.1) is 0 Å². The van der Waals surface area contributed by atoms with Gasteiger partial charge in [0.15, 0.2) is 0 Å². The molecular formula is C6H9NO2. The number of ether oxygens (including phenoxy) is 1. The number of carbonyl (C=O) groups is 1. The van der Waals surface area contributed by atoms with Crippen molar-refractivity contribution < 1.29 is 9.53 Å². The van der Waals surface area contributed by atoms with E-state index in [0.717, 1.165) is 0 Å². The van der Waals surface area contributed by atoms with Crippen molar-refractivity contribution in [3.63, 3.8) is 0 Å². The van der Waals surface area contributed by atoms with Crippen molar-refractivity contribution in [1.29, 1.82) is 5.26 Å². The first kappa shape index (κ1) is 7.96. The topological polar surface area (TPSA) is 50.1 Å². The summed E-state index contributed by atoms with van der Waals surface area (Å²) in [5.74, 6) is -0.335. The monoisotopic (exact) mass is 127 g/mol. The van der Waals surface area contributed by atoms with Gasteiger partial charge in [0.25, 0.3) is 0 Å². The lowest BCUT2D eigenvalue weighted by atomic mass is 10.3. The summed E-state index contributed by atoms with van der Waals surface area (Å²) in [6.07, 6.45) is -0.00736. The molecule has 0 saturated heterocycles. The molecule has 0 heterocycles. The minimum absolute atomic E-state index is 0.263. The van der Waals surface area contributed by atoms with Gasteiger partial charge in [0.05, 0.1) is 12.5 Å². The van der Waals surface area contributed by atoms with Crippen LogP contribution in [0.3, 0.4) is 0 Å². The highest BCUT2D eigenvalue weighted by molar-refractivity contribution is 5.66. The van der Waals surface area contributed by atoms with Gasteiger partial charge < -0.3 is 4.74 Å². The van der Waals surface area contributed by atoms with Crippen LogP contribution in [0.4, 0.5) is 0 Å². The van der Waals surface area contributed by atoms with Gasteiger partial charge in [0.1, 0.15) is 6.10 Å². The lowest BCUT2D eigenvalue weighted by molar-refractivity contribution is -0.145. The molecule has 0 aliphatic heterocycles. The van der Waals surface area contributed by atoms with Crippen LogP contribution in [0.15, 0.2) is 0 Å². The highest BCUT2D eigenvalue weighted by Crippen LogP contribution is 1.94. The Kier molecular flexibility index (Phi) is 3.45. The van der Waals surface area contributed by atoms with Crippen LogP contribution in [0.1, 0.15) is 20.3 Å². The number of esters is 1. The summed E-state index contributed by atoms with van der Waals surface area (Å²) < 4.78 is 4.63. The van der Waals surface area contributed by atoms with Crippen LogP contribution >= 0.6 is 0 Å². The maximum Gasteiger partial charge on any atom is 0.302 e. The van der Waals surface area contributed by atoms with Crippen molar-refractivity contribution in [2.24, 2.45) is 0 Å². The molecule has 3 heteroatoms. The molecule has 0 aromatic carbocycles. The number of nitrogens with zero attached hydrogens (tertiary/aromatic N) is 1. The smallest absolute Gasteiger partial charge is 0.302 e. The van der Waals surface area contributed by atoms with Crippen molar-refractivity contribution in [2.45, 2.75) is 26.4 Å². The van der Waals surface area contributed by atoms with Gasteiger partial charge >= 0.3 is 5.97 Å². The molecule has 0 amide bonds. The van der Waals surface area contributed by atoms with E-state index in [1.165, 1.54) is 6.92 Å². The van der Waals surface area contributed by atoms with Crippen LogP contribution < -0.4 is 0 Å². The molecule has 0 radical (unpaired) electrons. The molecule has 0 aromatic rings. The van der Waals surface area contributed by atoms with Gasteiger partial charge in [-0.2, -0.15) is 5.26 Å². The van der Waals surface area contributed by atoms with E-state index in [0.29, 0.717) is 0 Å². The van der Waals surface area contributed by atoms with Crippen LogP contribution in [0.5, 0.6) is 0 Å². The second-order valence-corrected chi connectivity index (χ2v) is 1.78. The zero-order valence-electron chi connectivity index (χ0n) is 5.55. The Morgan fingerprint density at radius 2 is 2.44 bits per heavy atom. The summed E-state index contributed by atoms with van der Waals surface area (Å²) in [5.41, 5.74) is 0. The average Bonchev–Trinajstić information content (AvgIpc) is 1.63. The Hall–Kier alpha value is -1.04. The number of nitriles is 1. The van der Waals surface area contributed by atoms with E-state index in [2.05, 4.69) is 4.74 Å². The van der Waals surface area contributed by atoms with Crippen molar-refractivity contribution in [1.82, 2.24) is 0 Å². The first-order valence-corrected chi connectivity index (χ1v) is 2.71. The largest absolute Gasteiger partial charge is 0.462 e. The van der Waals surface area contributed by atoms with Crippen LogP contribution in [0.2, 0.25) is 0 Å². The van der Waals surface area contributed by atoms with Gasteiger partial charge in [0, 0.05) is 6.92 Å². The van der Waals surface area contributed by atoms with Crippen molar-refractivity contribution in [2.75, 3.05) is 0 Å². The Labute approximate surface area is 54.2 Å². The predicted octanol–water partition coefficient (Wildman–Crippen LogP) is 0.852. The fraction of sp³-hybridized carbons (Fsp3) is 0.667. The lowest BCUT2D eigenvalue weighted by Crippen LogP contribution is -2.10. The highest BCUT2D eigenvalue weighted by Gasteiger charge is 2.02. The van der Waals surface area contributed by atoms with E-state index in [4.69, 9.17) is 5.26 Å². The Morgan fingerprint density at radius 3 is 2.78 bits per heavy atom. The lowest BCUT2D eigenvalue weighted by Gasteiger charge is -2.05. The zero-order valence-corrected chi connectivity index (χ0v) is 5.55. The molecule has 0 N–H and O–H groups in total. The summed E-state index contributed by atoms with van der Waals surface area (Å²) in [4.78, 5) is 10.2. The fourth-order valence-corrected chi connectivity index (χ4v) is 0.454. The molecule has 0 unspecified atom stereocenters. The Morgan fingerprint density at radius 1 is 1.89 bits per heavy atom. The predicted molar refractivity (Wildman–Crippen MR) is 31.5 cm³/mol. The van der Waals surface area contributed by atoms with E-state index >= 15 is 0 Å². The molecule has 0 aromatic heterocycles. The fourth-order valence-electron chi connectivity index (χ4n) is 0.454. The maximum atomic E-state index is 10.2. The third-order valence-corrected chi connectivity index (χ3v) is 0.746. The summed E-state index contributed by atoms with van der Waals surface area (Å²) >= 11 is 0. The summed E-state index contributed by atoms with van der Waals surface area (Å²) in [6, 6.07) is 1.90. The summed E-state index contributed by atoms with van der Waals surface area (Å²) in [6.45, 7) is 3.01. The molecule has 1 atom stereocenters. The van der Waals surface area contributed by atoms with Gasteiger partial charge in [0.2, 0.25) is 0 Å². The van der Waals surface area contributed by atoms with Gasteiger partial charge in [-0.25, -0.2) is 0 Å². The zero-order chi connectivity index (χ0) is 7.28. The average molecular weight is 127 g/mol. The molecule has 9 heavy (non-hydrogen) atoms. The molecule has 0 aliphatic carbocycles. The van der Waals surface area contributed by atoms with Gasteiger partial charge in [-0.1, -0.05) is 0 Å². The number of hydrogen-bond acceptors (Lipinski definition) is 3. The molecule has 0 aliphatic rings. The second-order valence-electron chi connectivity index (χ2n) is 1.78. The minimum Gasteiger partial charge on any atom is -0.462 e. The first-order valence-electron chi connectivity index (χ1n) is 2.71. The number of hydrogen-bond donors (Lipinski definition) is 0. The second kappa shape index (κ2) is 3.90. The Bertz CT molecular complexity index is 136. The molecule has 3 nitrogen and oxygen atoms in total. The number of carbonyl (C=O) groups excluding carboxylic acids is 1. The van der Waals surface area contributed by atoms with E-state index in [1.807, 2.05) is 6.07 Å². The molecular weight excluding hydrogens is 118 g/mol. The number of rotatable bonds is 2. The van der Waals surface area contributed by atoms with E-state index in [1.54, 1.807) is 6.92 Å². The summed E-state index contributed by atoms with van der Waals surface area (Å²) in [5, 5.41) is 8.11. The standard InChI is InChI=1S/C6H9NO2/c1-5(3-4-7)9-6(2)8/h5H,3H2,1-2H3/t5-/m0/s1. The van der Waals surface area contributed by atoms with E-state index in [-0.39, 0.29) is 18.5 Å². The van der Waals surface area contributed by atoms with Crippen LogP contribution in [-0.4, -0.2) is 12.1 Å². The van der Waals surface area contributed by atoms with Crippen molar-refractivity contribution in [3.8, 4) is 6.07 Å². The van der Waals surface area contributed by atoms with Gasteiger partial charge in [-0.3, -0.25) is 4.79 Å². The van der Waals surface area contributed by atoms with Crippen LogP contribution in [-0.2, 0) is 9.53 Å². The molecule has 0 saturated carbocycles. The maximum absolute atomic E-state index is 10.2. The third-order valence-electron chi connectivity index (χ3n) is 0.746. The van der Waals surface area contributed by atoms with Crippen molar-refractivity contribution >= 4 is 5.97 Å². The van der Waals surface area contributed by atoms with Crippen molar-refractivity contribution in [3.05, 3.63) is 0 Å². The minimum atomic E-state index is -0.335. The quantitative estimate of drug-likeness (QED) is 0.517. The molecule has 0 bridgehead atoms. The van der Waals surface area contributed by atoms with Gasteiger partial charge in [-0.05, 0) is 6.92 Å². The molecule has 50 valence electrons. The van der Waals surface area contributed by atoms with Crippen LogP contribution in [0.25, 0.3) is 0 Å². The highest BCUT2D eigenvalue weighted by atomic mass is 16.5. The van der Waals surface area contributed by atoms with E-state index < -0.39 is 0 Å². The third kappa shape index (κ3) is 4.82. The Balaban J connectivity index is 3.40. The molecule has 0 fully saturated rings. The molecule has 0 rings (SSSR count). The van der Waals surface area contributed by atoms with Crippen LogP contribution in [0, 0.1) is 11.3 Å².